The predicted molar refractivity (Wildman–Crippen MR) is 108 cm³/mol. The van der Waals surface area contributed by atoms with Gasteiger partial charge < -0.3 is 15.8 Å². The molecule has 1 aromatic rings. The highest BCUT2D eigenvalue weighted by Gasteiger charge is 2.38. The molecule has 1 aromatic carbocycles. The van der Waals surface area contributed by atoms with Crippen molar-refractivity contribution >= 4 is 5.96 Å². The van der Waals surface area contributed by atoms with Gasteiger partial charge in [0.2, 0.25) is 0 Å². The number of nitrogens with one attached hydrogen (secondary N) is 1. The Hall–Kier alpha value is -1.80. The first-order chi connectivity index (χ1) is 13.9. The quantitative estimate of drug-likeness (QED) is 0.410. The highest BCUT2D eigenvalue weighted by Crippen LogP contribution is 2.43. The second-order valence-electron chi connectivity index (χ2n) is 8.00. The van der Waals surface area contributed by atoms with E-state index in [1.807, 2.05) is 0 Å². The van der Waals surface area contributed by atoms with Crippen molar-refractivity contribution in [2.24, 2.45) is 10.7 Å². The van der Waals surface area contributed by atoms with Crippen molar-refractivity contribution in [1.29, 1.82) is 0 Å². The number of aliphatic imine (C=N–C) groups is 1. The largest absolute Gasteiger partial charge is 0.416 e. The zero-order chi connectivity index (χ0) is 20.7. The van der Waals surface area contributed by atoms with Gasteiger partial charge in [0.25, 0.3) is 0 Å². The summed E-state index contributed by atoms with van der Waals surface area (Å²) in [6.07, 6.45) is 0.288. The van der Waals surface area contributed by atoms with E-state index in [0.29, 0.717) is 18.1 Å². The second kappa shape index (κ2) is 9.80. The third kappa shape index (κ3) is 6.09. The Morgan fingerprint density at radius 1 is 1.21 bits per heavy atom. The third-order valence-corrected chi connectivity index (χ3v) is 5.98. The zero-order valence-corrected chi connectivity index (χ0v) is 16.8. The van der Waals surface area contributed by atoms with Crippen LogP contribution in [0, 0.1) is 0 Å². The first-order valence-electron chi connectivity index (χ1n) is 10.4. The maximum absolute atomic E-state index is 13.1. The molecular weight excluding hydrogens is 381 g/mol. The maximum atomic E-state index is 13.1. The van der Waals surface area contributed by atoms with Crippen LogP contribution in [-0.2, 0) is 16.3 Å². The molecule has 2 aliphatic rings. The topological polar surface area (TPSA) is 62.9 Å². The summed E-state index contributed by atoms with van der Waals surface area (Å²) in [7, 11) is 0. The fraction of sp³-hybridized carbons (Fsp3) is 0.667. The van der Waals surface area contributed by atoms with Gasteiger partial charge in [-0.3, -0.25) is 9.89 Å². The minimum Gasteiger partial charge on any atom is -0.379 e. The van der Waals surface area contributed by atoms with E-state index in [-0.39, 0.29) is 5.41 Å². The Balaban J connectivity index is 1.55. The summed E-state index contributed by atoms with van der Waals surface area (Å²) in [5.41, 5.74) is 5.79. The molecule has 0 spiro atoms. The molecule has 0 atom stereocenters. The molecule has 0 bridgehead atoms. The van der Waals surface area contributed by atoms with Crippen molar-refractivity contribution in [1.82, 2.24) is 10.2 Å². The number of alkyl halides is 3. The van der Waals surface area contributed by atoms with Crippen molar-refractivity contribution < 1.29 is 17.9 Å². The summed E-state index contributed by atoms with van der Waals surface area (Å²) < 4.78 is 44.7. The van der Waals surface area contributed by atoms with Gasteiger partial charge in [-0.15, -0.1) is 0 Å². The summed E-state index contributed by atoms with van der Waals surface area (Å²) in [4.78, 5) is 6.86. The Kier molecular flexibility index (Phi) is 7.40. The molecule has 1 saturated carbocycles. The van der Waals surface area contributed by atoms with E-state index in [0.717, 1.165) is 77.6 Å². The van der Waals surface area contributed by atoms with Gasteiger partial charge in [0, 0.05) is 25.0 Å². The van der Waals surface area contributed by atoms with Gasteiger partial charge >= 0.3 is 6.18 Å². The van der Waals surface area contributed by atoms with Crippen LogP contribution in [-0.4, -0.2) is 56.8 Å². The molecule has 1 saturated heterocycles. The van der Waals surface area contributed by atoms with Crippen molar-refractivity contribution in [2.45, 2.75) is 43.7 Å². The van der Waals surface area contributed by atoms with Gasteiger partial charge in [-0.2, -0.15) is 13.2 Å². The molecule has 162 valence electrons. The van der Waals surface area contributed by atoms with E-state index in [1.54, 1.807) is 6.07 Å². The smallest absolute Gasteiger partial charge is 0.379 e. The number of benzene rings is 1. The number of nitrogens with zero attached hydrogens (tertiary/aromatic N) is 2. The van der Waals surface area contributed by atoms with E-state index >= 15 is 0 Å². The van der Waals surface area contributed by atoms with E-state index in [4.69, 9.17) is 10.5 Å². The van der Waals surface area contributed by atoms with Crippen molar-refractivity contribution in [2.75, 3.05) is 45.9 Å². The molecule has 1 heterocycles. The number of guanidine groups is 1. The number of hydrogen-bond acceptors (Lipinski definition) is 3. The molecule has 0 radical (unpaired) electrons. The molecular formula is C21H31F3N4O. The zero-order valence-electron chi connectivity index (χ0n) is 16.8. The second-order valence-corrected chi connectivity index (χ2v) is 8.00. The Labute approximate surface area is 170 Å². The first-order valence-corrected chi connectivity index (χ1v) is 10.4. The Morgan fingerprint density at radius 3 is 2.62 bits per heavy atom. The normalized spacial score (nSPS) is 20.7. The van der Waals surface area contributed by atoms with Crippen molar-refractivity contribution in [3.63, 3.8) is 0 Å². The number of nitrogens with two attached hydrogens (primary N) is 1. The Morgan fingerprint density at radius 2 is 1.93 bits per heavy atom. The lowest BCUT2D eigenvalue weighted by Crippen LogP contribution is -2.39. The van der Waals surface area contributed by atoms with E-state index in [2.05, 4.69) is 15.2 Å². The number of rotatable bonds is 7. The lowest BCUT2D eigenvalue weighted by atomic mass is 9.78. The SMILES string of the molecule is NC(=NCC1(c2cccc(C(F)(F)F)c2)CCCC1)NCCCN1CCOCC1. The molecule has 1 aliphatic heterocycles. The van der Waals surface area contributed by atoms with Crippen LogP contribution in [0.3, 0.4) is 0 Å². The van der Waals surface area contributed by atoms with Gasteiger partial charge in [0.15, 0.2) is 5.96 Å². The third-order valence-electron chi connectivity index (χ3n) is 5.98. The highest BCUT2D eigenvalue weighted by molar-refractivity contribution is 5.77. The molecule has 29 heavy (non-hydrogen) atoms. The summed E-state index contributed by atoms with van der Waals surface area (Å²) in [5, 5.41) is 3.14. The number of hydrogen-bond donors (Lipinski definition) is 2. The number of halogens is 3. The van der Waals surface area contributed by atoms with Gasteiger partial charge in [-0.1, -0.05) is 31.0 Å². The molecule has 2 fully saturated rings. The minimum atomic E-state index is -4.33. The van der Waals surface area contributed by atoms with Gasteiger partial charge in [0.05, 0.1) is 25.3 Å². The molecule has 8 heteroatoms. The average Bonchev–Trinajstić information content (AvgIpc) is 3.20. The summed E-state index contributed by atoms with van der Waals surface area (Å²) in [6, 6.07) is 5.70. The van der Waals surface area contributed by atoms with Crippen LogP contribution < -0.4 is 11.1 Å². The van der Waals surface area contributed by atoms with Crippen LogP contribution in [0.15, 0.2) is 29.3 Å². The molecule has 0 aromatic heterocycles. The molecule has 3 N–H and O–H groups in total. The number of morpholine rings is 1. The minimum absolute atomic E-state index is 0.360. The maximum Gasteiger partial charge on any atom is 0.416 e. The average molecular weight is 413 g/mol. The van der Waals surface area contributed by atoms with Gasteiger partial charge in [-0.05, 0) is 37.4 Å². The molecule has 5 nitrogen and oxygen atoms in total. The van der Waals surface area contributed by atoms with E-state index in [1.165, 1.54) is 12.1 Å². The van der Waals surface area contributed by atoms with Gasteiger partial charge in [-0.25, -0.2) is 0 Å². The summed E-state index contributed by atoms with van der Waals surface area (Å²) in [5.74, 6) is 0.366. The molecule has 0 amide bonds. The van der Waals surface area contributed by atoms with E-state index < -0.39 is 11.7 Å². The predicted octanol–water partition coefficient (Wildman–Crippen LogP) is 3.14. The monoisotopic (exact) mass is 412 g/mol. The summed E-state index contributed by atoms with van der Waals surface area (Å²) in [6.45, 7) is 5.62. The standard InChI is InChI=1S/C21H31F3N4O/c22-21(23,24)18-6-3-5-17(15-18)20(7-1-2-8-20)16-27-19(25)26-9-4-10-28-11-13-29-14-12-28/h3,5-6,15H,1-2,4,7-14,16H2,(H3,25,26,27). The fourth-order valence-corrected chi connectivity index (χ4v) is 4.25. The van der Waals surface area contributed by atoms with E-state index in [9.17, 15) is 13.2 Å². The van der Waals surface area contributed by atoms with Crippen LogP contribution in [0.5, 0.6) is 0 Å². The fourth-order valence-electron chi connectivity index (χ4n) is 4.25. The van der Waals surface area contributed by atoms with Crippen LogP contribution in [0.2, 0.25) is 0 Å². The van der Waals surface area contributed by atoms with Crippen LogP contribution in [0.4, 0.5) is 13.2 Å². The van der Waals surface area contributed by atoms with Crippen LogP contribution in [0.25, 0.3) is 0 Å². The molecule has 3 rings (SSSR count). The highest BCUT2D eigenvalue weighted by atomic mass is 19.4. The van der Waals surface area contributed by atoms with Crippen LogP contribution in [0.1, 0.15) is 43.2 Å². The van der Waals surface area contributed by atoms with Crippen molar-refractivity contribution in [3.05, 3.63) is 35.4 Å². The van der Waals surface area contributed by atoms with Crippen LogP contribution >= 0.6 is 0 Å². The first kappa shape index (κ1) is 21.9. The number of ether oxygens (including phenoxy) is 1. The van der Waals surface area contributed by atoms with Gasteiger partial charge in [0.1, 0.15) is 0 Å². The van der Waals surface area contributed by atoms with Crippen molar-refractivity contribution in [3.8, 4) is 0 Å². The molecule has 0 unspecified atom stereocenters. The lowest BCUT2D eigenvalue weighted by Gasteiger charge is -2.29. The lowest BCUT2D eigenvalue weighted by molar-refractivity contribution is -0.137. The Bertz CT molecular complexity index is 681. The molecule has 1 aliphatic carbocycles. The summed E-state index contributed by atoms with van der Waals surface area (Å²) >= 11 is 0.